The number of ether oxygens (including phenoxy) is 1. The first kappa shape index (κ1) is 6.99. The van der Waals surface area contributed by atoms with Gasteiger partial charge in [0.15, 0.2) is 0 Å². The number of nitrogens with zero attached hydrogens (tertiary/aromatic N) is 2. The van der Waals surface area contributed by atoms with Gasteiger partial charge in [0, 0.05) is 12.5 Å². The van der Waals surface area contributed by atoms with Crippen LogP contribution in [0.2, 0.25) is 0 Å². The van der Waals surface area contributed by atoms with Gasteiger partial charge < -0.3 is 4.74 Å². The Morgan fingerprint density at radius 1 is 1.60 bits per heavy atom. The molecule has 0 aliphatic heterocycles. The van der Waals surface area contributed by atoms with Crippen molar-refractivity contribution >= 4 is 0 Å². The second-order valence-electron chi connectivity index (χ2n) is 1.81. The van der Waals surface area contributed by atoms with Gasteiger partial charge in [-0.1, -0.05) is 6.92 Å². The zero-order valence-corrected chi connectivity index (χ0v) is 6.03. The number of hydrogen-bond acceptors (Lipinski definition) is 3. The molecule has 0 fully saturated rings. The fourth-order valence-electron chi connectivity index (χ4n) is 0.617. The average molecular weight is 137 g/mol. The minimum Gasteiger partial charge on any atom is -0.495 e. The molecule has 10 heavy (non-hydrogen) atoms. The molecule has 0 aromatic carbocycles. The van der Waals surface area contributed by atoms with Crippen LogP contribution in [0.25, 0.3) is 0 Å². The zero-order chi connectivity index (χ0) is 7.40. The summed E-state index contributed by atoms with van der Waals surface area (Å²) >= 11 is 0. The third kappa shape index (κ3) is 1.43. The van der Waals surface area contributed by atoms with Gasteiger partial charge in [0.1, 0.15) is 5.75 Å². The summed E-state index contributed by atoms with van der Waals surface area (Å²) in [6.07, 6.45) is 3.45. The van der Waals surface area contributed by atoms with Gasteiger partial charge in [0.25, 0.3) is 0 Å². The maximum absolute atomic E-state index is 4.93. The number of methoxy groups -OCH3 is 1. The van der Waals surface area contributed by atoms with Crippen LogP contribution < -0.4 is 4.74 Å². The fraction of sp³-hybridized carbons (Fsp3) is 0.286. The highest BCUT2D eigenvalue weighted by atomic mass is 16.5. The molecule has 0 atom stereocenters. The normalized spacial score (nSPS) is 9.40. The molecule has 53 valence electrons. The third-order valence-electron chi connectivity index (χ3n) is 1.18. The van der Waals surface area contributed by atoms with Crippen molar-refractivity contribution in [2.24, 2.45) is 0 Å². The molecule has 0 unspecified atom stereocenters. The Balaban J connectivity index is 2.87. The van der Waals surface area contributed by atoms with Crippen LogP contribution in [0.5, 0.6) is 5.75 Å². The van der Waals surface area contributed by atoms with Gasteiger partial charge in [0.05, 0.1) is 19.0 Å². The molecule has 0 bridgehead atoms. The number of rotatable bonds is 2. The molecule has 3 nitrogen and oxygen atoms in total. The molecule has 1 rings (SSSR count). The SMILES string of the molecule is C[CH]c1cc(OC)cnn1. The summed E-state index contributed by atoms with van der Waals surface area (Å²) in [6.45, 7) is 1.91. The lowest BCUT2D eigenvalue weighted by Gasteiger charge is -1.97. The highest BCUT2D eigenvalue weighted by Gasteiger charge is 1.93. The van der Waals surface area contributed by atoms with E-state index in [1.165, 1.54) is 0 Å². The van der Waals surface area contributed by atoms with E-state index in [0.717, 1.165) is 11.4 Å². The minimum atomic E-state index is 0.739. The van der Waals surface area contributed by atoms with E-state index in [9.17, 15) is 0 Å². The molecule has 0 aliphatic carbocycles. The van der Waals surface area contributed by atoms with Crippen LogP contribution in [0.3, 0.4) is 0 Å². The third-order valence-corrected chi connectivity index (χ3v) is 1.18. The van der Waals surface area contributed by atoms with Gasteiger partial charge >= 0.3 is 0 Å². The van der Waals surface area contributed by atoms with Crippen LogP contribution in [0, 0.1) is 6.42 Å². The molecule has 0 N–H and O–H groups in total. The Morgan fingerprint density at radius 3 is 3.00 bits per heavy atom. The van der Waals surface area contributed by atoms with Crippen LogP contribution >= 0.6 is 0 Å². The summed E-state index contributed by atoms with van der Waals surface area (Å²) in [4.78, 5) is 0. The van der Waals surface area contributed by atoms with Crippen LogP contribution in [0.4, 0.5) is 0 Å². The maximum atomic E-state index is 4.93. The molecule has 0 saturated carbocycles. The van der Waals surface area contributed by atoms with E-state index < -0.39 is 0 Å². The molecule has 3 heteroatoms. The zero-order valence-electron chi connectivity index (χ0n) is 6.03. The molecule has 0 spiro atoms. The summed E-state index contributed by atoms with van der Waals surface area (Å²) in [5.41, 5.74) is 0.833. The Kier molecular flexibility index (Phi) is 2.20. The lowest BCUT2D eigenvalue weighted by molar-refractivity contribution is 0.411. The highest BCUT2D eigenvalue weighted by molar-refractivity contribution is 5.22. The van der Waals surface area contributed by atoms with Crippen molar-refractivity contribution in [1.82, 2.24) is 10.2 Å². The monoisotopic (exact) mass is 137 g/mol. The average Bonchev–Trinajstić information content (AvgIpc) is 2.05. The summed E-state index contributed by atoms with van der Waals surface area (Å²) in [5, 5.41) is 7.54. The minimum absolute atomic E-state index is 0.739. The van der Waals surface area contributed by atoms with E-state index in [2.05, 4.69) is 10.2 Å². The van der Waals surface area contributed by atoms with E-state index >= 15 is 0 Å². The molecule has 1 aromatic rings. The van der Waals surface area contributed by atoms with Crippen molar-refractivity contribution in [2.75, 3.05) is 7.11 Å². The first-order valence-corrected chi connectivity index (χ1v) is 3.03. The van der Waals surface area contributed by atoms with Crippen molar-refractivity contribution in [3.05, 3.63) is 24.4 Å². The predicted molar refractivity (Wildman–Crippen MR) is 37.7 cm³/mol. The summed E-state index contributed by atoms with van der Waals surface area (Å²) < 4.78 is 4.93. The van der Waals surface area contributed by atoms with Crippen molar-refractivity contribution in [3.8, 4) is 5.75 Å². The topological polar surface area (TPSA) is 35.0 Å². The number of aromatic nitrogens is 2. The van der Waals surface area contributed by atoms with Crippen molar-refractivity contribution in [3.63, 3.8) is 0 Å². The Hall–Kier alpha value is -1.12. The largest absolute Gasteiger partial charge is 0.495 e. The lowest BCUT2D eigenvalue weighted by atomic mass is 10.3. The molecule has 0 amide bonds. The van der Waals surface area contributed by atoms with Gasteiger partial charge in [-0.3, -0.25) is 0 Å². The van der Waals surface area contributed by atoms with Crippen LogP contribution in [-0.4, -0.2) is 17.3 Å². The van der Waals surface area contributed by atoms with Gasteiger partial charge in [-0.15, -0.1) is 0 Å². The number of hydrogen-bond donors (Lipinski definition) is 0. The maximum Gasteiger partial charge on any atom is 0.140 e. The molecule has 0 aliphatic rings. The standard InChI is InChI=1S/C7H9N2O/c1-3-6-4-7(10-2)5-8-9-6/h3-5H,1-2H3. The second-order valence-corrected chi connectivity index (χ2v) is 1.81. The molecule has 1 heterocycles. The van der Waals surface area contributed by atoms with Gasteiger partial charge in [-0.05, 0) is 0 Å². The molecule has 0 saturated heterocycles. The molecular formula is C7H9N2O. The van der Waals surface area contributed by atoms with Crippen molar-refractivity contribution < 1.29 is 4.74 Å². The Bertz CT molecular complexity index is 193. The summed E-state index contributed by atoms with van der Waals surface area (Å²) in [6, 6.07) is 1.83. The van der Waals surface area contributed by atoms with E-state index in [1.807, 2.05) is 19.4 Å². The molecule has 1 radical (unpaired) electrons. The van der Waals surface area contributed by atoms with E-state index in [-0.39, 0.29) is 0 Å². The predicted octanol–water partition coefficient (Wildman–Crippen LogP) is 1.06. The van der Waals surface area contributed by atoms with Crippen LogP contribution in [-0.2, 0) is 0 Å². The lowest BCUT2D eigenvalue weighted by Crippen LogP contribution is -1.90. The van der Waals surface area contributed by atoms with Crippen LogP contribution in [0.15, 0.2) is 12.3 Å². The van der Waals surface area contributed by atoms with Crippen molar-refractivity contribution in [2.45, 2.75) is 6.92 Å². The summed E-state index contributed by atoms with van der Waals surface area (Å²) in [5.74, 6) is 0.739. The quantitative estimate of drug-likeness (QED) is 0.611. The van der Waals surface area contributed by atoms with E-state index in [0.29, 0.717) is 0 Å². The second kappa shape index (κ2) is 3.15. The van der Waals surface area contributed by atoms with Crippen LogP contribution in [0.1, 0.15) is 12.6 Å². The fourth-order valence-corrected chi connectivity index (χ4v) is 0.617. The van der Waals surface area contributed by atoms with Gasteiger partial charge in [-0.25, -0.2) is 0 Å². The first-order chi connectivity index (χ1) is 4.86. The molecular weight excluding hydrogens is 128 g/mol. The first-order valence-electron chi connectivity index (χ1n) is 3.03. The van der Waals surface area contributed by atoms with E-state index in [1.54, 1.807) is 13.3 Å². The Labute approximate surface area is 60.0 Å². The van der Waals surface area contributed by atoms with E-state index in [4.69, 9.17) is 4.74 Å². The smallest absolute Gasteiger partial charge is 0.140 e. The van der Waals surface area contributed by atoms with Gasteiger partial charge in [0.2, 0.25) is 0 Å². The highest BCUT2D eigenvalue weighted by Crippen LogP contribution is 2.08. The van der Waals surface area contributed by atoms with Crippen molar-refractivity contribution in [1.29, 1.82) is 0 Å². The molecule has 1 aromatic heterocycles. The van der Waals surface area contributed by atoms with Gasteiger partial charge in [-0.2, -0.15) is 10.2 Å². The summed E-state index contributed by atoms with van der Waals surface area (Å²) in [7, 11) is 1.61. The Morgan fingerprint density at radius 2 is 2.40 bits per heavy atom.